The van der Waals surface area contributed by atoms with Crippen molar-refractivity contribution < 1.29 is 4.79 Å². The van der Waals surface area contributed by atoms with Crippen molar-refractivity contribution >= 4 is 16.9 Å². The second kappa shape index (κ2) is 2.09. The summed E-state index contributed by atoms with van der Waals surface area (Å²) >= 11 is 1.24. The van der Waals surface area contributed by atoms with Crippen LogP contribution in [0.25, 0.3) is 0 Å². The summed E-state index contributed by atoms with van der Waals surface area (Å²) < 4.78 is 0. The second-order valence-electron chi connectivity index (χ2n) is 2.12. The highest BCUT2D eigenvalue weighted by Crippen LogP contribution is 2.29. The summed E-state index contributed by atoms with van der Waals surface area (Å²) in [7, 11) is 0. The van der Waals surface area contributed by atoms with Crippen molar-refractivity contribution in [1.29, 1.82) is 0 Å². The molecular weight excluding hydrogens is 146 g/mol. The molecule has 1 aliphatic heterocycles. The van der Waals surface area contributed by atoms with Gasteiger partial charge in [-0.05, 0) is 23.4 Å². The Morgan fingerprint density at radius 1 is 1.60 bits per heavy atom. The molecule has 0 amide bonds. The highest BCUT2D eigenvalue weighted by Gasteiger charge is 2.19. The third-order valence-corrected chi connectivity index (χ3v) is 2.33. The number of rotatable bonds is 0. The van der Waals surface area contributed by atoms with Gasteiger partial charge in [-0.2, -0.15) is 0 Å². The average molecular weight is 151 g/mol. The van der Waals surface area contributed by atoms with Crippen LogP contribution in [0.5, 0.6) is 0 Å². The van der Waals surface area contributed by atoms with E-state index in [2.05, 4.69) is 4.98 Å². The Balaban J connectivity index is 2.51. The van der Waals surface area contributed by atoms with Gasteiger partial charge in [-0.1, -0.05) is 6.07 Å². The fourth-order valence-electron chi connectivity index (χ4n) is 0.950. The number of fused-ring (bicyclic) bond motifs is 1. The van der Waals surface area contributed by atoms with Crippen molar-refractivity contribution in [2.45, 2.75) is 11.4 Å². The largest absolute Gasteiger partial charge is 0.286 e. The molecule has 1 aromatic rings. The van der Waals surface area contributed by atoms with Crippen LogP contribution in [0.3, 0.4) is 0 Å². The molecule has 2 nitrogen and oxygen atoms in total. The van der Waals surface area contributed by atoms with Crippen LogP contribution in [0, 0.1) is 0 Å². The van der Waals surface area contributed by atoms with Crippen molar-refractivity contribution in [2.24, 2.45) is 0 Å². The number of nitrogens with zero attached hydrogens (tertiary/aromatic N) is 1. The average Bonchev–Trinajstić information content (AvgIpc) is 2.27. The maximum Gasteiger partial charge on any atom is 0.199 e. The number of pyridine rings is 1. The molecule has 2 heterocycles. The maximum absolute atomic E-state index is 10.8. The van der Waals surface area contributed by atoms with Gasteiger partial charge >= 0.3 is 0 Å². The van der Waals surface area contributed by atoms with Gasteiger partial charge in [-0.15, -0.1) is 0 Å². The van der Waals surface area contributed by atoms with Crippen molar-refractivity contribution in [3.05, 3.63) is 23.9 Å². The van der Waals surface area contributed by atoms with E-state index in [0.717, 1.165) is 10.6 Å². The lowest BCUT2D eigenvalue weighted by Gasteiger charge is -1.89. The topological polar surface area (TPSA) is 30.0 Å². The molecule has 0 aliphatic carbocycles. The van der Waals surface area contributed by atoms with Crippen molar-refractivity contribution in [3.8, 4) is 0 Å². The molecule has 1 aliphatic rings. The molecule has 10 heavy (non-hydrogen) atoms. The third kappa shape index (κ3) is 0.827. The summed E-state index contributed by atoms with van der Waals surface area (Å²) in [6.07, 6.45) is 2.26. The number of aromatic nitrogens is 1. The van der Waals surface area contributed by atoms with E-state index in [-0.39, 0.29) is 5.12 Å². The molecule has 0 fully saturated rings. The Morgan fingerprint density at radius 3 is 3.30 bits per heavy atom. The van der Waals surface area contributed by atoms with Crippen LogP contribution in [-0.2, 0) is 11.2 Å². The zero-order valence-electron chi connectivity index (χ0n) is 5.20. The molecule has 0 radical (unpaired) electrons. The minimum Gasteiger partial charge on any atom is -0.286 e. The first-order chi connectivity index (χ1) is 4.86. The number of carbonyl (C=O) groups excluding carboxylic acids is 1. The Kier molecular flexibility index (Phi) is 1.24. The summed E-state index contributed by atoms with van der Waals surface area (Å²) in [5.41, 5.74) is 1.07. The van der Waals surface area contributed by atoms with E-state index in [4.69, 9.17) is 0 Å². The van der Waals surface area contributed by atoms with E-state index >= 15 is 0 Å². The normalized spacial score (nSPS) is 15.4. The molecule has 3 heteroatoms. The maximum atomic E-state index is 10.8. The minimum absolute atomic E-state index is 0.203. The van der Waals surface area contributed by atoms with E-state index in [1.165, 1.54) is 11.8 Å². The fraction of sp³-hybridized carbons (Fsp3) is 0.143. The molecule has 0 saturated carbocycles. The highest BCUT2D eigenvalue weighted by molar-refractivity contribution is 8.14. The van der Waals surface area contributed by atoms with Gasteiger partial charge in [0.05, 0.1) is 0 Å². The van der Waals surface area contributed by atoms with Crippen LogP contribution in [-0.4, -0.2) is 10.1 Å². The predicted molar refractivity (Wildman–Crippen MR) is 38.8 cm³/mol. The zero-order chi connectivity index (χ0) is 6.97. The number of carbonyl (C=O) groups is 1. The first-order valence-electron chi connectivity index (χ1n) is 3.01. The Hall–Kier alpha value is -0.830. The molecule has 1 aromatic heterocycles. The van der Waals surface area contributed by atoms with Gasteiger partial charge < -0.3 is 0 Å². The standard InChI is InChI=1S/C7H5NOS/c9-6-4-5-2-1-3-8-7(5)10-6/h1-3H,4H2. The molecule has 0 N–H and O–H groups in total. The lowest BCUT2D eigenvalue weighted by molar-refractivity contribution is -0.110. The number of hydrogen-bond donors (Lipinski definition) is 0. The first kappa shape index (κ1) is 5.92. The van der Waals surface area contributed by atoms with E-state index in [0.29, 0.717) is 6.42 Å². The van der Waals surface area contributed by atoms with E-state index in [1.54, 1.807) is 6.20 Å². The van der Waals surface area contributed by atoms with Gasteiger partial charge in [0, 0.05) is 12.6 Å². The van der Waals surface area contributed by atoms with Crippen LogP contribution in [0.1, 0.15) is 5.56 Å². The fourth-order valence-corrected chi connectivity index (χ4v) is 1.78. The van der Waals surface area contributed by atoms with Crippen LogP contribution in [0.2, 0.25) is 0 Å². The van der Waals surface area contributed by atoms with E-state index in [1.807, 2.05) is 12.1 Å². The van der Waals surface area contributed by atoms with Crippen LogP contribution < -0.4 is 0 Å². The monoisotopic (exact) mass is 151 g/mol. The quantitative estimate of drug-likeness (QED) is 0.559. The molecule has 50 valence electrons. The lowest BCUT2D eigenvalue weighted by Crippen LogP contribution is -1.85. The number of thioether (sulfide) groups is 1. The van der Waals surface area contributed by atoms with Gasteiger partial charge in [0.2, 0.25) is 0 Å². The second-order valence-corrected chi connectivity index (χ2v) is 3.16. The molecule has 2 rings (SSSR count). The van der Waals surface area contributed by atoms with Crippen molar-refractivity contribution in [1.82, 2.24) is 4.98 Å². The van der Waals surface area contributed by atoms with Gasteiger partial charge in [0.1, 0.15) is 5.03 Å². The lowest BCUT2D eigenvalue weighted by atomic mass is 10.2. The van der Waals surface area contributed by atoms with Gasteiger partial charge in [0.15, 0.2) is 5.12 Å². The van der Waals surface area contributed by atoms with Crippen molar-refractivity contribution in [2.75, 3.05) is 0 Å². The van der Waals surface area contributed by atoms with Crippen LogP contribution in [0.15, 0.2) is 23.4 Å². The van der Waals surface area contributed by atoms with Crippen molar-refractivity contribution in [3.63, 3.8) is 0 Å². The molecule has 0 atom stereocenters. The Bertz CT molecular complexity index is 258. The molecule has 0 unspecified atom stereocenters. The summed E-state index contributed by atoms with van der Waals surface area (Å²) in [4.78, 5) is 14.9. The molecule has 0 aromatic carbocycles. The van der Waals surface area contributed by atoms with Gasteiger partial charge in [-0.25, -0.2) is 4.98 Å². The van der Waals surface area contributed by atoms with Crippen LogP contribution in [0.4, 0.5) is 0 Å². The predicted octanol–water partition coefficient (Wildman–Crippen LogP) is 1.26. The Morgan fingerprint density at radius 2 is 2.50 bits per heavy atom. The molecule has 0 saturated heterocycles. The van der Waals surface area contributed by atoms with Crippen LogP contribution >= 0.6 is 11.8 Å². The zero-order valence-corrected chi connectivity index (χ0v) is 6.02. The summed E-state index contributed by atoms with van der Waals surface area (Å²) in [6, 6.07) is 3.80. The third-order valence-electron chi connectivity index (χ3n) is 1.40. The number of hydrogen-bond acceptors (Lipinski definition) is 3. The summed E-state index contributed by atoms with van der Waals surface area (Å²) in [5.74, 6) is 0. The van der Waals surface area contributed by atoms with E-state index in [9.17, 15) is 4.79 Å². The summed E-state index contributed by atoms with van der Waals surface area (Å²) in [6.45, 7) is 0. The summed E-state index contributed by atoms with van der Waals surface area (Å²) in [5, 5.41) is 1.08. The Labute approximate surface area is 62.7 Å². The molecular formula is C7H5NOS. The van der Waals surface area contributed by atoms with Gasteiger partial charge in [-0.3, -0.25) is 4.79 Å². The smallest absolute Gasteiger partial charge is 0.199 e. The van der Waals surface area contributed by atoms with E-state index < -0.39 is 0 Å². The minimum atomic E-state index is 0.203. The molecule has 0 spiro atoms. The first-order valence-corrected chi connectivity index (χ1v) is 3.82. The highest BCUT2D eigenvalue weighted by atomic mass is 32.2. The SMILES string of the molecule is O=C1Cc2cccnc2S1. The van der Waals surface area contributed by atoms with Gasteiger partial charge in [0.25, 0.3) is 0 Å². The molecule has 0 bridgehead atoms.